The third kappa shape index (κ3) is 7.22. The van der Waals surface area contributed by atoms with Crippen LogP contribution in [0.2, 0.25) is 5.02 Å². The standard InChI is InChI=1S/C26H35ClN4O/c27-24-10-8-22(9-11-24)18-30-15-12-25(13-16-30)29-26(32)28-17-23-7-4-14-31(20-23)19-21-5-2-1-3-6-21/h1-3,5-6,8-11,23,25H,4,7,12-20H2,(H2,28,29,32). The van der Waals surface area contributed by atoms with E-state index in [-0.39, 0.29) is 12.1 Å². The van der Waals surface area contributed by atoms with Crippen molar-refractivity contribution in [3.8, 4) is 0 Å². The molecule has 2 aliphatic rings. The molecular formula is C26H35ClN4O. The lowest BCUT2D eigenvalue weighted by Gasteiger charge is -2.34. The number of amides is 2. The van der Waals surface area contributed by atoms with Crippen molar-refractivity contribution in [2.24, 2.45) is 5.92 Å². The molecule has 0 aliphatic carbocycles. The summed E-state index contributed by atoms with van der Waals surface area (Å²) in [5.41, 5.74) is 2.65. The minimum absolute atomic E-state index is 0.0127. The van der Waals surface area contributed by atoms with Crippen LogP contribution in [0.25, 0.3) is 0 Å². The van der Waals surface area contributed by atoms with Gasteiger partial charge in [-0.1, -0.05) is 54.1 Å². The van der Waals surface area contributed by atoms with Crippen LogP contribution in [0.1, 0.15) is 36.8 Å². The molecule has 1 unspecified atom stereocenters. The fourth-order valence-corrected chi connectivity index (χ4v) is 4.99. The molecule has 5 nitrogen and oxygen atoms in total. The summed E-state index contributed by atoms with van der Waals surface area (Å²) >= 11 is 5.98. The molecule has 2 fully saturated rings. The van der Waals surface area contributed by atoms with E-state index in [9.17, 15) is 4.79 Å². The fraction of sp³-hybridized carbons (Fsp3) is 0.500. The summed E-state index contributed by atoms with van der Waals surface area (Å²) in [7, 11) is 0. The van der Waals surface area contributed by atoms with Gasteiger partial charge in [-0.25, -0.2) is 4.79 Å². The first-order chi connectivity index (χ1) is 15.6. The molecule has 0 aromatic heterocycles. The van der Waals surface area contributed by atoms with E-state index < -0.39 is 0 Å². The molecule has 0 radical (unpaired) electrons. The third-order valence-corrected chi connectivity index (χ3v) is 6.90. The summed E-state index contributed by atoms with van der Waals surface area (Å²) in [5.74, 6) is 0.527. The third-order valence-electron chi connectivity index (χ3n) is 6.65. The number of hydrogen-bond acceptors (Lipinski definition) is 3. The summed E-state index contributed by atoms with van der Waals surface area (Å²) in [6.07, 6.45) is 4.38. The van der Waals surface area contributed by atoms with Gasteiger partial charge in [0.25, 0.3) is 0 Å². The topological polar surface area (TPSA) is 47.6 Å². The van der Waals surface area contributed by atoms with Gasteiger partial charge >= 0.3 is 6.03 Å². The molecule has 2 aliphatic heterocycles. The number of likely N-dealkylation sites (tertiary alicyclic amines) is 2. The van der Waals surface area contributed by atoms with Crippen LogP contribution in [-0.2, 0) is 13.1 Å². The van der Waals surface area contributed by atoms with E-state index in [1.807, 2.05) is 12.1 Å². The molecule has 172 valence electrons. The maximum atomic E-state index is 12.5. The molecule has 6 heteroatoms. The van der Waals surface area contributed by atoms with Crippen LogP contribution in [0.15, 0.2) is 54.6 Å². The molecule has 2 aromatic rings. The van der Waals surface area contributed by atoms with Crippen molar-refractivity contribution < 1.29 is 4.79 Å². The van der Waals surface area contributed by atoms with Crippen molar-refractivity contribution in [3.05, 3.63) is 70.7 Å². The van der Waals surface area contributed by atoms with Crippen LogP contribution >= 0.6 is 11.6 Å². The van der Waals surface area contributed by atoms with Gasteiger partial charge in [0.15, 0.2) is 0 Å². The highest BCUT2D eigenvalue weighted by Crippen LogP contribution is 2.19. The van der Waals surface area contributed by atoms with Gasteiger partial charge < -0.3 is 10.6 Å². The first-order valence-electron chi connectivity index (χ1n) is 11.9. The molecule has 2 N–H and O–H groups in total. The molecule has 2 amide bonds. The van der Waals surface area contributed by atoms with Crippen molar-refractivity contribution >= 4 is 17.6 Å². The van der Waals surface area contributed by atoms with E-state index in [4.69, 9.17) is 11.6 Å². The fourth-order valence-electron chi connectivity index (χ4n) is 4.86. The second-order valence-corrected chi connectivity index (χ2v) is 9.70. The van der Waals surface area contributed by atoms with Crippen LogP contribution in [0.4, 0.5) is 4.79 Å². The second kappa shape index (κ2) is 11.7. The van der Waals surface area contributed by atoms with E-state index in [0.29, 0.717) is 5.92 Å². The first-order valence-corrected chi connectivity index (χ1v) is 12.3. The van der Waals surface area contributed by atoms with Gasteiger partial charge in [-0.2, -0.15) is 0 Å². The van der Waals surface area contributed by atoms with E-state index >= 15 is 0 Å². The molecule has 2 heterocycles. The highest BCUT2D eigenvalue weighted by molar-refractivity contribution is 6.30. The lowest BCUT2D eigenvalue weighted by atomic mass is 9.97. The van der Waals surface area contributed by atoms with Gasteiger partial charge in [0.2, 0.25) is 0 Å². The number of piperidine rings is 2. The van der Waals surface area contributed by atoms with Gasteiger partial charge in [-0.3, -0.25) is 9.80 Å². The molecule has 0 spiro atoms. The van der Waals surface area contributed by atoms with Crippen LogP contribution in [-0.4, -0.2) is 54.6 Å². The summed E-state index contributed by atoms with van der Waals surface area (Å²) in [6.45, 7) is 6.90. The summed E-state index contributed by atoms with van der Waals surface area (Å²) in [6, 6.07) is 19.0. The van der Waals surface area contributed by atoms with Gasteiger partial charge in [0.05, 0.1) is 0 Å². The Balaban J connectivity index is 1.13. The first kappa shape index (κ1) is 23.1. The van der Waals surface area contributed by atoms with Crippen molar-refractivity contribution in [1.82, 2.24) is 20.4 Å². The maximum Gasteiger partial charge on any atom is 0.315 e. The maximum absolute atomic E-state index is 12.5. The Morgan fingerprint density at radius 1 is 0.875 bits per heavy atom. The normalized spacial score (nSPS) is 20.7. The van der Waals surface area contributed by atoms with Crippen molar-refractivity contribution in [2.75, 3.05) is 32.7 Å². The Bertz CT molecular complexity index is 837. The Morgan fingerprint density at radius 3 is 2.31 bits per heavy atom. The second-order valence-electron chi connectivity index (χ2n) is 9.26. The number of nitrogens with zero attached hydrogens (tertiary/aromatic N) is 2. The number of halogens is 1. The number of rotatable bonds is 7. The number of nitrogens with one attached hydrogen (secondary N) is 2. The number of carbonyl (C=O) groups is 1. The molecule has 0 saturated carbocycles. The zero-order chi connectivity index (χ0) is 22.2. The number of benzene rings is 2. The highest BCUT2D eigenvalue weighted by Gasteiger charge is 2.23. The van der Waals surface area contributed by atoms with Crippen LogP contribution < -0.4 is 10.6 Å². The van der Waals surface area contributed by atoms with Crippen molar-refractivity contribution in [3.63, 3.8) is 0 Å². The van der Waals surface area contributed by atoms with Gasteiger partial charge in [-0.05, 0) is 61.4 Å². The molecule has 2 aromatic carbocycles. The van der Waals surface area contributed by atoms with Crippen molar-refractivity contribution in [2.45, 2.75) is 44.8 Å². The Hall–Kier alpha value is -2.08. The monoisotopic (exact) mass is 454 g/mol. The van der Waals surface area contributed by atoms with Crippen LogP contribution in [0, 0.1) is 5.92 Å². The van der Waals surface area contributed by atoms with E-state index in [0.717, 1.165) is 63.7 Å². The molecular weight excluding hydrogens is 420 g/mol. The molecule has 4 rings (SSSR count). The zero-order valence-corrected chi connectivity index (χ0v) is 19.6. The van der Waals surface area contributed by atoms with E-state index in [1.54, 1.807) is 0 Å². The molecule has 1 atom stereocenters. The predicted octanol–water partition coefficient (Wildman–Crippen LogP) is 4.52. The van der Waals surface area contributed by atoms with Gasteiger partial charge in [0.1, 0.15) is 0 Å². The number of carbonyl (C=O) groups excluding carboxylic acids is 1. The summed E-state index contributed by atoms with van der Waals surface area (Å²) < 4.78 is 0. The smallest absolute Gasteiger partial charge is 0.315 e. The van der Waals surface area contributed by atoms with E-state index in [2.05, 4.69) is 62.9 Å². The van der Waals surface area contributed by atoms with Gasteiger partial charge in [0, 0.05) is 50.3 Å². The Morgan fingerprint density at radius 2 is 1.56 bits per heavy atom. The van der Waals surface area contributed by atoms with Gasteiger partial charge in [-0.15, -0.1) is 0 Å². The number of urea groups is 1. The highest BCUT2D eigenvalue weighted by atomic mass is 35.5. The van der Waals surface area contributed by atoms with Crippen molar-refractivity contribution in [1.29, 1.82) is 0 Å². The SMILES string of the molecule is O=C(NCC1CCCN(Cc2ccccc2)C1)NC1CCN(Cc2ccc(Cl)cc2)CC1. The average molecular weight is 455 g/mol. The number of hydrogen-bond donors (Lipinski definition) is 2. The lowest BCUT2D eigenvalue weighted by molar-refractivity contribution is 0.163. The van der Waals surface area contributed by atoms with Crippen LogP contribution in [0.5, 0.6) is 0 Å². The lowest BCUT2D eigenvalue weighted by Crippen LogP contribution is -2.49. The Labute approximate surface area is 197 Å². The van der Waals surface area contributed by atoms with Crippen LogP contribution in [0.3, 0.4) is 0 Å². The minimum Gasteiger partial charge on any atom is -0.338 e. The Kier molecular flexibility index (Phi) is 8.43. The largest absolute Gasteiger partial charge is 0.338 e. The average Bonchev–Trinajstić information content (AvgIpc) is 2.81. The quantitative estimate of drug-likeness (QED) is 0.646. The summed E-state index contributed by atoms with van der Waals surface area (Å²) in [5, 5.41) is 7.11. The zero-order valence-electron chi connectivity index (χ0n) is 18.8. The predicted molar refractivity (Wildman–Crippen MR) is 131 cm³/mol. The molecule has 2 saturated heterocycles. The summed E-state index contributed by atoms with van der Waals surface area (Å²) in [4.78, 5) is 17.4. The minimum atomic E-state index is -0.0127. The van der Waals surface area contributed by atoms with E-state index in [1.165, 1.54) is 24.0 Å². The molecule has 32 heavy (non-hydrogen) atoms. The molecule has 0 bridgehead atoms.